The fraction of sp³-hybridized carbons (Fsp3) is 0.923. The molecule has 7 unspecified atom stereocenters. The van der Waals surface area contributed by atoms with E-state index >= 15 is 0 Å². The molecule has 0 aliphatic carbocycles. The fourth-order valence-electron chi connectivity index (χ4n) is 6.56. The number of unbranched alkanes of at least 4 members (excludes halogenated alkanes) is 20. The van der Waals surface area contributed by atoms with Crippen molar-refractivity contribution in [2.75, 3.05) is 13.2 Å². The Morgan fingerprint density at radius 3 is 1.79 bits per heavy atom. The van der Waals surface area contributed by atoms with E-state index in [4.69, 9.17) is 14.0 Å². The third kappa shape index (κ3) is 24.3. The first-order valence-electron chi connectivity index (χ1n) is 20.6. The number of ether oxygens (including phenoxy) is 2. The van der Waals surface area contributed by atoms with Crippen LogP contribution >= 0.6 is 0 Å². The van der Waals surface area contributed by atoms with Crippen LogP contribution in [-0.2, 0) is 28.9 Å². The highest BCUT2D eigenvalue weighted by molar-refractivity contribution is 7.80. The number of carbonyl (C=O) groups excluding carboxylic acids is 1. The summed E-state index contributed by atoms with van der Waals surface area (Å²) in [5.74, 6) is -0.245. The van der Waals surface area contributed by atoms with Crippen LogP contribution in [0.4, 0.5) is 0 Å². The average Bonchev–Trinajstić information content (AvgIpc) is 3.11. The molecule has 0 radical (unpaired) electrons. The molecule has 1 rings (SSSR count). The van der Waals surface area contributed by atoms with E-state index in [-0.39, 0.29) is 18.9 Å². The molecule has 0 aromatic rings. The van der Waals surface area contributed by atoms with Gasteiger partial charge in [-0.1, -0.05) is 148 Å². The van der Waals surface area contributed by atoms with E-state index in [9.17, 15) is 33.6 Å². The van der Waals surface area contributed by atoms with Crippen LogP contribution in [0.5, 0.6) is 0 Å². The van der Waals surface area contributed by atoms with E-state index < -0.39 is 59.9 Å². The summed E-state index contributed by atoms with van der Waals surface area (Å²) >= 11 is 0. The highest BCUT2D eigenvalue weighted by Crippen LogP contribution is 2.26. The molecule has 1 saturated heterocycles. The number of aliphatic hydroxyl groups is 4. The molecule has 0 saturated carbocycles. The van der Waals surface area contributed by atoms with Gasteiger partial charge in [0.15, 0.2) is 6.29 Å². The number of nitrogens with one attached hydrogen (secondary N) is 1. The maximum absolute atomic E-state index is 12.9. The molecule has 1 aliphatic rings. The van der Waals surface area contributed by atoms with Gasteiger partial charge in [0.1, 0.15) is 24.4 Å². The molecule has 1 amide bonds. The molecule has 1 aliphatic heterocycles. The summed E-state index contributed by atoms with van der Waals surface area (Å²) in [6.07, 6.45) is 22.3. The van der Waals surface area contributed by atoms with Crippen molar-refractivity contribution in [2.45, 2.75) is 217 Å². The maximum Gasteiger partial charge on any atom is 0.397 e. The zero-order chi connectivity index (χ0) is 38.5. The lowest BCUT2D eigenvalue weighted by atomic mass is 9.99. The van der Waals surface area contributed by atoms with Gasteiger partial charge in [0.2, 0.25) is 5.91 Å². The predicted octanol–water partition coefficient (Wildman–Crippen LogP) is 6.82. The van der Waals surface area contributed by atoms with Crippen LogP contribution < -0.4 is 5.32 Å². The molecular formula is C39H75NO11S. The highest BCUT2D eigenvalue weighted by atomic mass is 32.3. The molecule has 0 aromatic heterocycles. The smallest absolute Gasteiger partial charge is 0.394 e. The zero-order valence-electron chi connectivity index (χ0n) is 32.4. The number of hydrogen-bond acceptors (Lipinski definition) is 10. The molecule has 0 spiro atoms. The monoisotopic (exact) mass is 766 g/mol. The minimum Gasteiger partial charge on any atom is -0.394 e. The minimum absolute atomic E-state index is 0.245. The molecule has 1 heterocycles. The summed E-state index contributed by atoms with van der Waals surface area (Å²) in [4.78, 5) is 12.9. The lowest BCUT2D eigenvalue weighted by Crippen LogP contribution is -2.61. The van der Waals surface area contributed by atoms with Crippen molar-refractivity contribution in [1.29, 1.82) is 0 Å². The van der Waals surface area contributed by atoms with Gasteiger partial charge >= 0.3 is 10.4 Å². The van der Waals surface area contributed by atoms with Gasteiger partial charge in [-0.05, 0) is 32.1 Å². The van der Waals surface area contributed by atoms with E-state index in [2.05, 4.69) is 35.5 Å². The van der Waals surface area contributed by atoms with Crippen LogP contribution in [0.2, 0.25) is 0 Å². The summed E-state index contributed by atoms with van der Waals surface area (Å²) in [7, 11) is -5.07. The molecule has 1 fully saturated rings. The Morgan fingerprint density at radius 2 is 1.25 bits per heavy atom. The van der Waals surface area contributed by atoms with E-state index in [0.717, 1.165) is 57.8 Å². The Morgan fingerprint density at radius 1 is 0.750 bits per heavy atom. The molecular weight excluding hydrogens is 690 g/mol. The van der Waals surface area contributed by atoms with Crippen molar-refractivity contribution < 1.29 is 51.8 Å². The normalized spacial score (nSPS) is 22.2. The second-order valence-corrected chi connectivity index (χ2v) is 15.6. The lowest BCUT2D eigenvalue weighted by Gasteiger charge is -2.41. The van der Waals surface area contributed by atoms with Gasteiger partial charge in [0.25, 0.3) is 0 Å². The summed E-state index contributed by atoms with van der Waals surface area (Å²) in [5.41, 5.74) is 0. The fourth-order valence-corrected chi connectivity index (χ4v) is 7.06. The second kappa shape index (κ2) is 31.1. The number of allylic oxidation sites excluding steroid dienone is 2. The van der Waals surface area contributed by atoms with Gasteiger partial charge in [-0.25, -0.2) is 4.18 Å². The summed E-state index contributed by atoms with van der Waals surface area (Å²) in [5, 5.41) is 44.6. The van der Waals surface area contributed by atoms with Crippen molar-refractivity contribution in [2.24, 2.45) is 0 Å². The first kappa shape index (κ1) is 48.9. The van der Waals surface area contributed by atoms with Crippen LogP contribution in [0.15, 0.2) is 12.2 Å². The van der Waals surface area contributed by atoms with Crippen molar-refractivity contribution in [1.82, 2.24) is 5.32 Å². The van der Waals surface area contributed by atoms with E-state index in [1.54, 1.807) is 0 Å². The zero-order valence-corrected chi connectivity index (χ0v) is 33.2. The first-order valence-corrected chi connectivity index (χ1v) is 21.9. The lowest BCUT2D eigenvalue weighted by molar-refractivity contribution is -0.298. The Bertz CT molecular complexity index is 999. The third-order valence-electron chi connectivity index (χ3n) is 9.82. The topological polar surface area (TPSA) is 192 Å². The molecule has 0 bridgehead atoms. The number of carbonyl (C=O) groups is 1. The van der Waals surface area contributed by atoms with Crippen LogP contribution in [0.1, 0.15) is 174 Å². The molecule has 52 heavy (non-hydrogen) atoms. The van der Waals surface area contributed by atoms with Gasteiger partial charge in [-0.2, -0.15) is 8.42 Å². The minimum atomic E-state index is -5.07. The molecule has 0 aromatic carbocycles. The van der Waals surface area contributed by atoms with Crippen molar-refractivity contribution in [3.8, 4) is 0 Å². The standard InChI is InChI=1S/C39H75NO11S/c1-3-5-7-9-11-13-15-16-17-18-19-20-22-24-26-28-33(42)32(40-35(43)29-27-25-23-21-14-12-10-8-6-4-2)31-49-39-37(45)38(51-52(46,47)48)36(44)34(30-41)50-39/h10,12,32-34,36-39,41-42,44-45H,3-9,11,13-31H2,1-2H3,(H,40,43)(H,46,47,48)/b12-10-. The molecule has 6 N–H and O–H groups in total. The largest absolute Gasteiger partial charge is 0.397 e. The molecule has 308 valence electrons. The third-order valence-corrected chi connectivity index (χ3v) is 10.3. The number of aliphatic hydroxyl groups excluding tert-OH is 4. The second-order valence-electron chi connectivity index (χ2n) is 14.6. The van der Waals surface area contributed by atoms with Crippen molar-refractivity contribution in [3.63, 3.8) is 0 Å². The van der Waals surface area contributed by atoms with Crippen LogP contribution in [0, 0.1) is 0 Å². The van der Waals surface area contributed by atoms with E-state index in [1.165, 1.54) is 83.5 Å². The first-order chi connectivity index (χ1) is 25.0. The number of rotatable bonds is 34. The SMILES string of the molecule is CCCC/C=C\CCCCCCC(=O)NC(COC1OC(CO)C(O)C(OS(=O)(=O)O)C1O)C(O)CCCCCCCCCCCCCCCCC. The molecule has 13 heteroatoms. The molecule has 12 nitrogen and oxygen atoms in total. The average molecular weight is 766 g/mol. The van der Waals surface area contributed by atoms with Gasteiger partial charge in [-0.15, -0.1) is 0 Å². The Labute approximate surface area is 315 Å². The van der Waals surface area contributed by atoms with Crippen molar-refractivity contribution in [3.05, 3.63) is 12.2 Å². The van der Waals surface area contributed by atoms with Crippen LogP contribution in [0.3, 0.4) is 0 Å². The summed E-state index contributed by atoms with van der Waals surface area (Å²) in [6, 6.07) is -0.858. The quantitative estimate of drug-likeness (QED) is 0.0229. The van der Waals surface area contributed by atoms with E-state index in [0.29, 0.717) is 12.8 Å². The van der Waals surface area contributed by atoms with Gasteiger partial charge < -0.3 is 35.2 Å². The Kier molecular flexibility index (Phi) is 29.2. The Hall–Kier alpha value is -1.16. The Balaban J connectivity index is 2.56. The van der Waals surface area contributed by atoms with Crippen molar-refractivity contribution >= 4 is 16.3 Å². The maximum atomic E-state index is 12.9. The summed E-state index contributed by atoms with van der Waals surface area (Å²) < 4.78 is 47.4. The van der Waals surface area contributed by atoms with Gasteiger partial charge in [0.05, 0.1) is 25.4 Å². The van der Waals surface area contributed by atoms with Crippen LogP contribution in [0.25, 0.3) is 0 Å². The number of hydrogen-bond donors (Lipinski definition) is 6. The van der Waals surface area contributed by atoms with Gasteiger partial charge in [-0.3, -0.25) is 9.35 Å². The van der Waals surface area contributed by atoms with Gasteiger partial charge in [0, 0.05) is 6.42 Å². The molecule has 7 atom stereocenters. The van der Waals surface area contributed by atoms with Crippen LogP contribution in [-0.4, -0.2) is 95.4 Å². The number of amides is 1. The highest BCUT2D eigenvalue weighted by Gasteiger charge is 2.48. The predicted molar refractivity (Wildman–Crippen MR) is 204 cm³/mol. The van der Waals surface area contributed by atoms with E-state index in [1.807, 2.05) is 0 Å². The summed E-state index contributed by atoms with van der Waals surface area (Å²) in [6.45, 7) is 3.37.